The third kappa shape index (κ3) is 6.34. The van der Waals surface area contributed by atoms with Gasteiger partial charge in [0.25, 0.3) is 0 Å². The van der Waals surface area contributed by atoms with E-state index in [1.54, 1.807) is 12.4 Å². The van der Waals surface area contributed by atoms with E-state index in [2.05, 4.69) is 36.3 Å². The Morgan fingerprint density at radius 2 is 1.14 bits per heavy atom. The van der Waals surface area contributed by atoms with Gasteiger partial charge in [-0.25, -0.2) is 0 Å². The molecule has 0 bridgehead atoms. The third-order valence-corrected chi connectivity index (χ3v) is 3.28. The molecule has 0 aromatic carbocycles. The summed E-state index contributed by atoms with van der Waals surface area (Å²) < 4.78 is 8.96. The van der Waals surface area contributed by atoms with Crippen molar-refractivity contribution in [3.8, 4) is 11.4 Å². The number of pyridine rings is 2. The van der Waals surface area contributed by atoms with E-state index < -0.39 is 16.7 Å². The summed E-state index contributed by atoms with van der Waals surface area (Å²) in [5, 5.41) is 0. The SMILES string of the molecule is [N-]=[N+]=[N][Ru]([N]=[N+]=[N-])[N]=[N+]=[N-].c1ccc(-c2ccccn2)nc1. The monoisotopic (exact) mass is 384 g/mol. The van der Waals surface area contributed by atoms with Crippen molar-refractivity contribution in [2.75, 3.05) is 0 Å². The van der Waals surface area contributed by atoms with E-state index in [0.717, 1.165) is 11.4 Å². The molecule has 2 aromatic heterocycles. The van der Waals surface area contributed by atoms with E-state index >= 15 is 0 Å². The molecule has 0 fully saturated rings. The van der Waals surface area contributed by atoms with Gasteiger partial charge < -0.3 is 0 Å². The molecule has 12 heteroatoms. The van der Waals surface area contributed by atoms with Gasteiger partial charge in [-0.05, 0) is 24.3 Å². The summed E-state index contributed by atoms with van der Waals surface area (Å²) in [4.78, 5) is 15.4. The molecule has 0 N–H and O–H groups in total. The number of azide groups is 1. The second-order valence-corrected chi connectivity index (χ2v) is 5.21. The molecule has 0 amide bonds. The molecule has 2 heterocycles. The first-order valence-corrected chi connectivity index (χ1v) is 7.80. The van der Waals surface area contributed by atoms with Crippen LogP contribution in [0.3, 0.4) is 0 Å². The molecule has 0 saturated heterocycles. The van der Waals surface area contributed by atoms with Crippen LogP contribution in [0.25, 0.3) is 42.7 Å². The number of nitrogens with zero attached hydrogens (tertiary/aromatic N) is 11. The van der Waals surface area contributed by atoms with E-state index in [1.807, 2.05) is 36.4 Å². The quantitative estimate of drug-likeness (QED) is 0.329. The zero-order valence-corrected chi connectivity index (χ0v) is 12.6. The Morgan fingerprint density at radius 3 is 1.41 bits per heavy atom. The van der Waals surface area contributed by atoms with Gasteiger partial charge >= 0.3 is 59.6 Å². The van der Waals surface area contributed by atoms with Crippen molar-refractivity contribution in [2.45, 2.75) is 0 Å². The maximum atomic E-state index is 7.82. The van der Waals surface area contributed by atoms with Gasteiger partial charge in [0, 0.05) is 12.4 Å². The summed E-state index contributed by atoms with van der Waals surface area (Å²) in [6.07, 6.45) is 3.54. The topological polar surface area (TPSA) is 172 Å². The molecule has 11 nitrogen and oxygen atoms in total. The second-order valence-electron chi connectivity index (χ2n) is 3.12. The Labute approximate surface area is 130 Å². The van der Waals surface area contributed by atoms with Crippen LogP contribution in [0.1, 0.15) is 0 Å². The molecule has 0 atom stereocenters. The summed E-state index contributed by atoms with van der Waals surface area (Å²) in [5.41, 5.74) is 25.3. The van der Waals surface area contributed by atoms with E-state index in [4.69, 9.17) is 16.6 Å². The van der Waals surface area contributed by atoms with E-state index in [9.17, 15) is 0 Å². The van der Waals surface area contributed by atoms with Gasteiger partial charge in [-0.3, -0.25) is 9.97 Å². The van der Waals surface area contributed by atoms with Crippen molar-refractivity contribution in [2.24, 2.45) is 11.6 Å². The Morgan fingerprint density at radius 1 is 0.727 bits per heavy atom. The maximum absolute atomic E-state index is 7.82. The van der Waals surface area contributed by atoms with Crippen LogP contribution in [0.4, 0.5) is 0 Å². The molecule has 0 radical (unpaired) electrons. The molecule has 2 rings (SSSR count). The summed E-state index contributed by atoms with van der Waals surface area (Å²) in [6, 6.07) is 11.6. The Kier molecular flexibility index (Phi) is 8.16. The van der Waals surface area contributed by atoms with Crippen LogP contribution in [0, 0.1) is 0 Å². The molecular formula is C10H8N11Ru. The minimum Gasteiger partial charge on any atom is -0.255 e. The predicted octanol–water partition coefficient (Wildman–Crippen LogP) is 4.42. The number of aromatic nitrogens is 2. The van der Waals surface area contributed by atoms with E-state index in [-0.39, 0.29) is 0 Å². The first-order chi connectivity index (χ1) is 10.8. The molecular weight excluding hydrogens is 375 g/mol. The van der Waals surface area contributed by atoms with Gasteiger partial charge in [-0.1, -0.05) is 12.1 Å². The Hall–Kier alpha value is -3.15. The number of hydrogen-bond acceptors (Lipinski definition) is 5. The van der Waals surface area contributed by atoms with Crippen molar-refractivity contribution in [3.63, 3.8) is 0 Å². The summed E-state index contributed by atoms with van der Waals surface area (Å²) in [7, 11) is 0. The van der Waals surface area contributed by atoms with Crippen molar-refractivity contribution >= 4 is 0 Å². The average Bonchev–Trinajstić information content (AvgIpc) is 2.58. The molecule has 0 aliphatic heterocycles. The van der Waals surface area contributed by atoms with Crippen molar-refractivity contribution < 1.29 is 16.7 Å². The predicted molar refractivity (Wildman–Crippen MR) is 74.9 cm³/mol. The molecule has 0 aliphatic carbocycles. The third-order valence-electron chi connectivity index (χ3n) is 1.88. The van der Waals surface area contributed by atoms with Crippen molar-refractivity contribution in [1.82, 2.24) is 9.97 Å². The summed E-state index contributed by atoms with van der Waals surface area (Å²) in [6.45, 7) is 0. The Balaban J connectivity index is 0.000000225. The van der Waals surface area contributed by atoms with E-state index in [0.29, 0.717) is 0 Å². The molecule has 0 unspecified atom stereocenters. The zero-order valence-electron chi connectivity index (χ0n) is 10.9. The average molecular weight is 383 g/mol. The van der Waals surface area contributed by atoms with Gasteiger partial charge in [0.15, 0.2) is 0 Å². The molecule has 111 valence electrons. The van der Waals surface area contributed by atoms with Gasteiger partial charge in [-0.2, -0.15) is 0 Å². The van der Waals surface area contributed by atoms with Crippen LogP contribution in [0.5, 0.6) is 0 Å². The molecule has 0 aliphatic rings. The van der Waals surface area contributed by atoms with Crippen LogP contribution in [0.2, 0.25) is 0 Å². The molecule has 0 spiro atoms. The molecule has 22 heavy (non-hydrogen) atoms. The summed E-state index contributed by atoms with van der Waals surface area (Å²) in [5.74, 6) is 0. The normalized spacial score (nSPS) is 8.82. The minimum absolute atomic E-state index is 0.915. The minimum atomic E-state index is -2.65. The zero-order chi connectivity index (χ0) is 16.0. The first kappa shape index (κ1) is 16.9. The summed E-state index contributed by atoms with van der Waals surface area (Å²) >= 11 is -2.65. The molecule has 2 aromatic rings. The fraction of sp³-hybridized carbons (Fsp3) is 0. The largest absolute Gasteiger partial charge is 0.255 e. The maximum Gasteiger partial charge on any atom is 0.0886 e. The van der Waals surface area contributed by atoms with Gasteiger partial charge in [0.05, 0.1) is 11.4 Å². The van der Waals surface area contributed by atoms with Crippen LogP contribution in [0.15, 0.2) is 60.4 Å². The molecule has 0 saturated carbocycles. The fourth-order valence-electron chi connectivity index (χ4n) is 1.16. The number of hydrogen-bond donors (Lipinski definition) is 0. The van der Waals surface area contributed by atoms with Gasteiger partial charge in [0.1, 0.15) is 0 Å². The standard InChI is InChI=1S/C10H8N2.3N3.Ru/c1-3-7-11-9(5-1)10-6-2-4-8-12-10;3*1-3-2;/h1-8H;;;;/q;3*-1;+3. The fourth-order valence-corrected chi connectivity index (χ4v) is 1.78. The first-order valence-electron chi connectivity index (χ1n) is 5.47. The van der Waals surface area contributed by atoms with Gasteiger partial charge in [-0.15, -0.1) is 0 Å². The van der Waals surface area contributed by atoms with Crippen molar-refractivity contribution in [1.29, 1.82) is 0 Å². The van der Waals surface area contributed by atoms with E-state index in [1.165, 1.54) is 0 Å². The van der Waals surface area contributed by atoms with Crippen molar-refractivity contribution in [3.05, 3.63) is 80.1 Å². The Bertz CT molecular complexity index is 635. The van der Waals surface area contributed by atoms with Crippen LogP contribution < -0.4 is 0 Å². The number of rotatable bonds is 4. The van der Waals surface area contributed by atoms with Crippen LogP contribution in [-0.2, 0) is 16.7 Å². The van der Waals surface area contributed by atoms with Crippen LogP contribution >= 0.6 is 0 Å². The smallest absolute Gasteiger partial charge is 0.0886 e. The second kappa shape index (κ2) is 10.6. The van der Waals surface area contributed by atoms with Gasteiger partial charge in [0.2, 0.25) is 0 Å². The van der Waals surface area contributed by atoms with Crippen LogP contribution in [-0.4, -0.2) is 9.97 Å².